The molecule has 2 heterocycles. The Kier molecular flexibility index (Phi) is 3.22. The number of hydrogen-bond donors (Lipinski definition) is 1. The van der Waals surface area contributed by atoms with Crippen LogP contribution in [0.1, 0.15) is 18.4 Å². The van der Waals surface area contributed by atoms with E-state index in [0.29, 0.717) is 12.1 Å². The minimum Gasteiger partial charge on any atom is -0.550 e. The van der Waals surface area contributed by atoms with E-state index in [-0.39, 0.29) is 18.1 Å². The highest BCUT2D eigenvalue weighted by Gasteiger charge is 2.52. The zero-order valence-electron chi connectivity index (χ0n) is 11.2. The Balaban J connectivity index is 1.80. The van der Waals surface area contributed by atoms with Crippen LogP contribution in [0.5, 0.6) is 0 Å². The number of carboxylic acids is 1. The first-order valence-electron chi connectivity index (χ1n) is 6.80. The van der Waals surface area contributed by atoms with Crippen molar-refractivity contribution >= 4 is 17.6 Å². The SMILES string of the molecule is Cc1ccccc1NC(=O)[C@@H]1[C@@H](C(=O)[O-])[C@H]2CC[C@@H]1O2. The Morgan fingerprint density at radius 1 is 1.20 bits per heavy atom. The van der Waals surface area contributed by atoms with Crippen LogP contribution in [-0.2, 0) is 14.3 Å². The highest BCUT2D eigenvalue weighted by molar-refractivity contribution is 5.96. The summed E-state index contributed by atoms with van der Waals surface area (Å²) in [6.45, 7) is 1.89. The number of carbonyl (C=O) groups excluding carboxylic acids is 2. The van der Waals surface area contributed by atoms with Crippen molar-refractivity contribution in [1.29, 1.82) is 0 Å². The molecule has 2 fully saturated rings. The first-order chi connectivity index (χ1) is 9.58. The standard InChI is InChI=1S/C15H17NO4/c1-8-4-2-3-5-9(8)16-14(17)12-10-6-7-11(20-10)13(12)15(18)19/h2-5,10-13H,6-7H2,1H3,(H,16,17)(H,18,19)/p-1/t10-,11+,12-,13-/m0/s1. The molecule has 0 unspecified atom stereocenters. The van der Waals surface area contributed by atoms with Gasteiger partial charge in [0.05, 0.1) is 18.1 Å². The number of hydrogen-bond acceptors (Lipinski definition) is 4. The van der Waals surface area contributed by atoms with Crippen LogP contribution in [-0.4, -0.2) is 24.1 Å². The molecule has 0 saturated carbocycles. The van der Waals surface area contributed by atoms with Crippen molar-refractivity contribution in [3.05, 3.63) is 29.8 Å². The van der Waals surface area contributed by atoms with Gasteiger partial charge in [0.2, 0.25) is 5.91 Å². The van der Waals surface area contributed by atoms with E-state index in [2.05, 4.69) is 5.32 Å². The van der Waals surface area contributed by atoms with Gasteiger partial charge in [-0.15, -0.1) is 0 Å². The van der Waals surface area contributed by atoms with Crippen molar-refractivity contribution in [3.8, 4) is 0 Å². The monoisotopic (exact) mass is 274 g/mol. The van der Waals surface area contributed by atoms with Crippen molar-refractivity contribution in [2.45, 2.75) is 32.0 Å². The molecule has 2 aliphatic heterocycles. The average Bonchev–Trinajstić information content (AvgIpc) is 3.01. The first kappa shape index (κ1) is 13.1. The van der Waals surface area contributed by atoms with Gasteiger partial charge in [-0.1, -0.05) is 18.2 Å². The van der Waals surface area contributed by atoms with E-state index in [4.69, 9.17) is 4.74 Å². The molecule has 0 radical (unpaired) electrons. The number of carbonyl (C=O) groups is 2. The molecule has 5 heteroatoms. The average molecular weight is 274 g/mol. The van der Waals surface area contributed by atoms with Crippen molar-refractivity contribution in [1.82, 2.24) is 0 Å². The fraction of sp³-hybridized carbons (Fsp3) is 0.467. The number of fused-ring (bicyclic) bond motifs is 2. The Hall–Kier alpha value is -1.88. The molecular formula is C15H16NO4-. The van der Waals surface area contributed by atoms with Crippen LogP contribution in [0.2, 0.25) is 0 Å². The van der Waals surface area contributed by atoms with Gasteiger partial charge < -0.3 is 20.0 Å². The summed E-state index contributed by atoms with van der Waals surface area (Å²) in [4.78, 5) is 23.6. The molecule has 1 amide bonds. The summed E-state index contributed by atoms with van der Waals surface area (Å²) in [6, 6.07) is 7.41. The number of aliphatic carboxylic acids is 1. The van der Waals surface area contributed by atoms with Crippen LogP contribution in [0.4, 0.5) is 5.69 Å². The van der Waals surface area contributed by atoms with Crippen LogP contribution in [0, 0.1) is 18.8 Å². The maximum Gasteiger partial charge on any atom is 0.230 e. The minimum absolute atomic E-state index is 0.291. The fourth-order valence-electron chi connectivity index (χ4n) is 3.24. The van der Waals surface area contributed by atoms with Crippen LogP contribution < -0.4 is 10.4 Å². The maximum atomic E-state index is 12.4. The van der Waals surface area contributed by atoms with Crippen molar-refractivity contribution < 1.29 is 19.4 Å². The Labute approximate surface area is 116 Å². The summed E-state index contributed by atoms with van der Waals surface area (Å²) in [5, 5.41) is 14.1. The predicted octanol–water partition coefficient (Wildman–Crippen LogP) is 0.477. The molecule has 2 aliphatic rings. The van der Waals surface area contributed by atoms with E-state index in [0.717, 1.165) is 12.0 Å². The molecular weight excluding hydrogens is 258 g/mol. The van der Waals surface area contributed by atoms with E-state index in [1.165, 1.54) is 0 Å². The van der Waals surface area contributed by atoms with E-state index >= 15 is 0 Å². The van der Waals surface area contributed by atoms with Crippen molar-refractivity contribution in [2.75, 3.05) is 5.32 Å². The molecule has 0 aliphatic carbocycles. The van der Waals surface area contributed by atoms with Crippen molar-refractivity contribution in [2.24, 2.45) is 11.8 Å². The number of carboxylic acid groups (broad SMARTS) is 1. The molecule has 0 spiro atoms. The summed E-state index contributed by atoms with van der Waals surface area (Å²) >= 11 is 0. The van der Waals surface area contributed by atoms with Gasteiger partial charge in [-0.05, 0) is 31.4 Å². The zero-order valence-corrected chi connectivity index (χ0v) is 11.2. The van der Waals surface area contributed by atoms with Gasteiger partial charge in [0.1, 0.15) is 0 Å². The summed E-state index contributed by atoms with van der Waals surface area (Å²) in [5.74, 6) is -2.97. The maximum absolute atomic E-state index is 12.4. The third-order valence-electron chi connectivity index (χ3n) is 4.25. The molecule has 20 heavy (non-hydrogen) atoms. The van der Waals surface area contributed by atoms with Crippen LogP contribution in [0.15, 0.2) is 24.3 Å². The lowest BCUT2D eigenvalue weighted by atomic mass is 9.78. The molecule has 1 aromatic rings. The summed E-state index contributed by atoms with van der Waals surface area (Å²) in [6.07, 6.45) is 0.752. The lowest BCUT2D eigenvalue weighted by Crippen LogP contribution is -2.46. The van der Waals surface area contributed by atoms with Crippen LogP contribution >= 0.6 is 0 Å². The van der Waals surface area contributed by atoms with Crippen LogP contribution in [0.25, 0.3) is 0 Å². The highest BCUT2D eigenvalue weighted by Crippen LogP contribution is 2.43. The van der Waals surface area contributed by atoms with Gasteiger partial charge in [-0.3, -0.25) is 4.79 Å². The molecule has 4 atom stereocenters. The van der Waals surface area contributed by atoms with Gasteiger partial charge in [0, 0.05) is 17.6 Å². The third kappa shape index (κ3) is 2.08. The fourth-order valence-corrected chi connectivity index (χ4v) is 3.24. The lowest BCUT2D eigenvalue weighted by molar-refractivity contribution is -0.313. The number of amides is 1. The van der Waals surface area contributed by atoms with Gasteiger partial charge in [-0.25, -0.2) is 0 Å². The highest BCUT2D eigenvalue weighted by atomic mass is 16.5. The largest absolute Gasteiger partial charge is 0.550 e. The van der Waals surface area contributed by atoms with Gasteiger partial charge in [0.25, 0.3) is 0 Å². The number of para-hydroxylation sites is 1. The first-order valence-corrected chi connectivity index (χ1v) is 6.80. The predicted molar refractivity (Wildman–Crippen MR) is 69.7 cm³/mol. The topological polar surface area (TPSA) is 78.5 Å². The van der Waals surface area contributed by atoms with Gasteiger partial charge in [0.15, 0.2) is 0 Å². The Morgan fingerprint density at radius 3 is 2.50 bits per heavy atom. The Bertz CT molecular complexity index is 557. The summed E-state index contributed by atoms with van der Waals surface area (Å²) in [5.41, 5.74) is 1.65. The second kappa shape index (κ2) is 4.90. The molecule has 0 aromatic heterocycles. The molecule has 106 valence electrons. The second-order valence-corrected chi connectivity index (χ2v) is 5.47. The van der Waals surface area contributed by atoms with E-state index in [9.17, 15) is 14.7 Å². The smallest absolute Gasteiger partial charge is 0.230 e. The Morgan fingerprint density at radius 2 is 1.85 bits per heavy atom. The van der Waals surface area contributed by atoms with E-state index in [1.54, 1.807) is 6.07 Å². The number of aryl methyl sites for hydroxylation is 1. The number of rotatable bonds is 3. The molecule has 3 rings (SSSR count). The van der Waals surface area contributed by atoms with Gasteiger partial charge >= 0.3 is 0 Å². The number of anilines is 1. The van der Waals surface area contributed by atoms with Gasteiger partial charge in [-0.2, -0.15) is 0 Å². The number of nitrogens with one attached hydrogen (secondary N) is 1. The molecule has 2 bridgehead atoms. The number of benzene rings is 1. The minimum atomic E-state index is -1.19. The lowest BCUT2D eigenvalue weighted by Gasteiger charge is -2.27. The quantitative estimate of drug-likeness (QED) is 0.869. The van der Waals surface area contributed by atoms with Crippen molar-refractivity contribution in [3.63, 3.8) is 0 Å². The van der Waals surface area contributed by atoms with Crippen LogP contribution in [0.3, 0.4) is 0 Å². The number of ether oxygens (including phenoxy) is 1. The molecule has 1 N–H and O–H groups in total. The van der Waals surface area contributed by atoms with E-state index in [1.807, 2.05) is 25.1 Å². The third-order valence-corrected chi connectivity index (χ3v) is 4.25. The zero-order chi connectivity index (χ0) is 14.3. The second-order valence-electron chi connectivity index (χ2n) is 5.47. The molecule has 5 nitrogen and oxygen atoms in total. The molecule has 2 saturated heterocycles. The van der Waals surface area contributed by atoms with E-state index < -0.39 is 17.8 Å². The summed E-state index contributed by atoms with van der Waals surface area (Å²) < 4.78 is 5.57. The normalized spacial score (nSPS) is 31.2. The summed E-state index contributed by atoms with van der Waals surface area (Å²) in [7, 11) is 0. The molecule has 1 aromatic carbocycles.